The van der Waals surface area contributed by atoms with Gasteiger partial charge in [0.05, 0.1) is 5.02 Å². The van der Waals surface area contributed by atoms with Crippen LogP contribution in [0.25, 0.3) is 11.4 Å². The molecule has 0 aliphatic heterocycles. The highest BCUT2D eigenvalue weighted by atomic mass is 35.5. The number of nitrogens with one attached hydrogen (secondary N) is 1. The van der Waals surface area contributed by atoms with Crippen LogP contribution in [-0.2, 0) is 13.7 Å². The number of ether oxygens (including phenoxy) is 1. The standard InChI is InChI=1S/C20H16ClN5O4/c1-26-8-7-17(24-26)22-20(28)13-3-2-4-14(9-13)29-16-6-5-12(10-15(16)21)19-23-18(11-27)30-25-19/h2-10,27H,11H2,1H3,(H,22,24,28). The van der Waals surface area contributed by atoms with Crippen molar-refractivity contribution in [3.8, 4) is 22.9 Å². The Bertz CT molecular complexity index is 1200. The molecule has 0 atom stereocenters. The van der Waals surface area contributed by atoms with E-state index in [9.17, 15) is 4.79 Å². The predicted octanol–water partition coefficient (Wildman–Crippen LogP) is 3.66. The zero-order chi connectivity index (χ0) is 21.1. The average molecular weight is 426 g/mol. The Balaban J connectivity index is 1.50. The molecule has 1 amide bonds. The van der Waals surface area contributed by atoms with Crippen molar-refractivity contribution in [1.82, 2.24) is 19.9 Å². The fraction of sp³-hybridized carbons (Fsp3) is 0.100. The van der Waals surface area contributed by atoms with Crippen LogP contribution in [0, 0.1) is 0 Å². The summed E-state index contributed by atoms with van der Waals surface area (Å²) < 4.78 is 12.3. The van der Waals surface area contributed by atoms with Crippen molar-refractivity contribution in [1.29, 1.82) is 0 Å². The molecule has 2 N–H and O–H groups in total. The number of carbonyl (C=O) groups is 1. The van der Waals surface area contributed by atoms with Crippen LogP contribution in [0.5, 0.6) is 11.5 Å². The lowest BCUT2D eigenvalue weighted by Crippen LogP contribution is -2.12. The Morgan fingerprint density at radius 3 is 2.83 bits per heavy atom. The van der Waals surface area contributed by atoms with Gasteiger partial charge in [-0.1, -0.05) is 22.8 Å². The van der Waals surface area contributed by atoms with E-state index in [-0.39, 0.29) is 18.4 Å². The first kappa shape index (κ1) is 19.6. The molecular weight excluding hydrogens is 410 g/mol. The molecule has 10 heteroatoms. The van der Waals surface area contributed by atoms with Gasteiger partial charge in [-0.25, -0.2) is 0 Å². The van der Waals surface area contributed by atoms with Crippen molar-refractivity contribution in [3.63, 3.8) is 0 Å². The van der Waals surface area contributed by atoms with Crippen molar-refractivity contribution < 1.29 is 19.2 Å². The second kappa shape index (κ2) is 8.36. The summed E-state index contributed by atoms with van der Waals surface area (Å²) in [6.45, 7) is -0.341. The lowest BCUT2D eigenvalue weighted by atomic mass is 10.2. The van der Waals surface area contributed by atoms with Crippen LogP contribution >= 0.6 is 11.6 Å². The molecule has 2 aromatic carbocycles. The highest BCUT2D eigenvalue weighted by Gasteiger charge is 2.13. The molecule has 0 aliphatic carbocycles. The van der Waals surface area contributed by atoms with E-state index < -0.39 is 0 Å². The van der Waals surface area contributed by atoms with Gasteiger partial charge in [0, 0.05) is 30.4 Å². The highest BCUT2D eigenvalue weighted by molar-refractivity contribution is 6.32. The van der Waals surface area contributed by atoms with Crippen molar-refractivity contribution in [2.45, 2.75) is 6.61 Å². The summed E-state index contributed by atoms with van der Waals surface area (Å²) in [5, 5.41) is 20.0. The summed E-state index contributed by atoms with van der Waals surface area (Å²) in [4.78, 5) is 16.5. The summed E-state index contributed by atoms with van der Waals surface area (Å²) in [5.41, 5.74) is 1.02. The van der Waals surface area contributed by atoms with Gasteiger partial charge >= 0.3 is 0 Å². The number of aromatic nitrogens is 4. The number of aliphatic hydroxyl groups is 1. The van der Waals surface area contributed by atoms with Crippen molar-refractivity contribution in [2.75, 3.05) is 5.32 Å². The van der Waals surface area contributed by atoms with E-state index >= 15 is 0 Å². The minimum absolute atomic E-state index is 0.113. The Labute approximate surface area is 175 Å². The van der Waals surface area contributed by atoms with Gasteiger partial charge in [0.25, 0.3) is 11.8 Å². The third-order valence-electron chi connectivity index (χ3n) is 4.07. The number of halogens is 1. The maximum Gasteiger partial charge on any atom is 0.256 e. The molecule has 152 valence electrons. The van der Waals surface area contributed by atoms with Gasteiger partial charge in [-0.15, -0.1) is 0 Å². The van der Waals surface area contributed by atoms with E-state index in [4.69, 9.17) is 26.0 Å². The molecule has 0 unspecified atom stereocenters. The second-order valence-electron chi connectivity index (χ2n) is 6.27. The Morgan fingerprint density at radius 1 is 1.27 bits per heavy atom. The minimum Gasteiger partial charge on any atom is -0.456 e. The SMILES string of the molecule is Cn1ccc(NC(=O)c2cccc(Oc3ccc(-c4noc(CO)n4)cc3Cl)c2)n1. The number of hydrogen-bond donors (Lipinski definition) is 2. The first-order valence-electron chi connectivity index (χ1n) is 8.84. The topological polar surface area (TPSA) is 115 Å². The van der Waals surface area contributed by atoms with E-state index in [1.54, 1.807) is 66.5 Å². The van der Waals surface area contributed by atoms with E-state index in [1.165, 1.54) is 0 Å². The van der Waals surface area contributed by atoms with E-state index in [1.807, 2.05) is 0 Å². The number of aryl methyl sites for hydroxylation is 1. The first-order valence-corrected chi connectivity index (χ1v) is 9.22. The van der Waals surface area contributed by atoms with Crippen LogP contribution in [0.2, 0.25) is 5.02 Å². The molecule has 30 heavy (non-hydrogen) atoms. The van der Waals surface area contributed by atoms with Gasteiger partial charge in [-0.2, -0.15) is 10.1 Å². The molecule has 9 nitrogen and oxygen atoms in total. The number of hydrogen-bond acceptors (Lipinski definition) is 7. The van der Waals surface area contributed by atoms with Gasteiger partial charge in [0.2, 0.25) is 5.82 Å². The molecule has 4 aromatic rings. The Morgan fingerprint density at radius 2 is 2.13 bits per heavy atom. The van der Waals surface area contributed by atoms with Crippen LogP contribution in [-0.4, -0.2) is 30.9 Å². The molecule has 0 aliphatic rings. The van der Waals surface area contributed by atoms with Crippen LogP contribution in [0.15, 0.2) is 59.3 Å². The third kappa shape index (κ3) is 4.32. The lowest BCUT2D eigenvalue weighted by Gasteiger charge is -2.10. The maximum atomic E-state index is 12.4. The zero-order valence-corrected chi connectivity index (χ0v) is 16.5. The smallest absolute Gasteiger partial charge is 0.256 e. The molecule has 2 heterocycles. The number of anilines is 1. The summed E-state index contributed by atoms with van der Waals surface area (Å²) in [5.74, 6) is 1.41. The molecule has 0 saturated carbocycles. The largest absolute Gasteiger partial charge is 0.456 e. The molecule has 0 bridgehead atoms. The van der Waals surface area contributed by atoms with E-state index in [2.05, 4.69) is 20.6 Å². The molecule has 4 rings (SSSR count). The van der Waals surface area contributed by atoms with Gasteiger partial charge in [-0.05, 0) is 36.4 Å². The number of aliphatic hydroxyl groups excluding tert-OH is 1. The van der Waals surface area contributed by atoms with Gasteiger partial charge < -0.3 is 19.7 Å². The lowest BCUT2D eigenvalue weighted by molar-refractivity contribution is 0.102. The van der Waals surface area contributed by atoms with Crippen molar-refractivity contribution >= 4 is 23.3 Å². The van der Waals surface area contributed by atoms with Gasteiger partial charge in [-0.3, -0.25) is 9.48 Å². The van der Waals surface area contributed by atoms with E-state index in [0.717, 1.165) is 0 Å². The van der Waals surface area contributed by atoms with Crippen LogP contribution in [0.4, 0.5) is 5.82 Å². The van der Waals surface area contributed by atoms with Crippen LogP contribution < -0.4 is 10.1 Å². The molecule has 0 fully saturated rings. The second-order valence-corrected chi connectivity index (χ2v) is 6.68. The molecule has 0 saturated heterocycles. The van der Waals surface area contributed by atoms with Crippen LogP contribution in [0.1, 0.15) is 16.2 Å². The highest BCUT2D eigenvalue weighted by Crippen LogP contribution is 2.33. The van der Waals surface area contributed by atoms with Crippen LogP contribution in [0.3, 0.4) is 0 Å². The summed E-state index contributed by atoms with van der Waals surface area (Å²) in [6.07, 6.45) is 1.74. The first-order chi connectivity index (χ1) is 14.5. The predicted molar refractivity (Wildman–Crippen MR) is 108 cm³/mol. The zero-order valence-electron chi connectivity index (χ0n) is 15.7. The van der Waals surface area contributed by atoms with Crippen molar-refractivity contribution in [2.24, 2.45) is 7.05 Å². The van der Waals surface area contributed by atoms with Gasteiger partial charge in [0.1, 0.15) is 18.1 Å². The number of carbonyl (C=O) groups excluding carboxylic acids is 1. The molecule has 0 radical (unpaired) electrons. The summed E-state index contributed by atoms with van der Waals surface area (Å²) in [7, 11) is 1.77. The molecular formula is C20H16ClN5O4. The number of benzene rings is 2. The van der Waals surface area contributed by atoms with Gasteiger partial charge in [0.15, 0.2) is 5.82 Å². The Hall–Kier alpha value is -3.69. The fourth-order valence-electron chi connectivity index (χ4n) is 2.66. The average Bonchev–Trinajstić information content (AvgIpc) is 3.38. The normalized spacial score (nSPS) is 10.8. The Kier molecular flexibility index (Phi) is 5.46. The molecule has 0 spiro atoms. The monoisotopic (exact) mass is 425 g/mol. The number of amides is 1. The summed E-state index contributed by atoms with van der Waals surface area (Å²) >= 11 is 6.33. The maximum absolute atomic E-state index is 12.4. The number of nitrogens with zero attached hydrogens (tertiary/aromatic N) is 4. The molecule has 2 aromatic heterocycles. The summed E-state index contributed by atoms with van der Waals surface area (Å²) in [6, 6.07) is 13.4. The minimum atomic E-state index is -0.341. The van der Waals surface area contributed by atoms with Crippen molar-refractivity contribution in [3.05, 3.63) is 71.2 Å². The fourth-order valence-corrected chi connectivity index (χ4v) is 2.88. The quantitative estimate of drug-likeness (QED) is 0.484. The number of rotatable bonds is 6. The third-order valence-corrected chi connectivity index (χ3v) is 4.37. The van der Waals surface area contributed by atoms with E-state index in [0.29, 0.717) is 39.3 Å².